The molecule has 0 heterocycles. The molecule has 0 saturated carbocycles. The van der Waals surface area contributed by atoms with E-state index in [9.17, 15) is 13.2 Å². The molecule has 31 heavy (non-hydrogen) atoms. The molecule has 3 rings (SSSR count). The van der Waals surface area contributed by atoms with Gasteiger partial charge in [0.25, 0.3) is 15.9 Å². The Morgan fingerprint density at radius 1 is 0.871 bits per heavy atom. The Balaban J connectivity index is 1.74. The molecule has 7 nitrogen and oxygen atoms in total. The number of hydrogen-bond donors (Lipinski definition) is 2. The average Bonchev–Trinajstić information content (AvgIpc) is 2.77. The number of anilines is 2. The summed E-state index contributed by atoms with van der Waals surface area (Å²) in [5.74, 6) is 0.797. The molecule has 0 bridgehead atoms. The Kier molecular flexibility index (Phi) is 7.15. The summed E-state index contributed by atoms with van der Waals surface area (Å²) >= 11 is 0. The number of sulfonamides is 1. The summed E-state index contributed by atoms with van der Waals surface area (Å²) in [5.41, 5.74) is 1.22. The van der Waals surface area contributed by atoms with E-state index < -0.39 is 10.0 Å². The predicted octanol–water partition coefficient (Wildman–Crippen LogP) is 4.54. The number of benzene rings is 3. The van der Waals surface area contributed by atoms with E-state index in [0.29, 0.717) is 41.7 Å². The number of carbonyl (C=O) groups excluding carboxylic acids is 1. The molecule has 0 atom stereocenters. The van der Waals surface area contributed by atoms with Crippen molar-refractivity contribution in [2.45, 2.75) is 18.7 Å². The fraction of sp³-hybridized carbons (Fsp3) is 0.174. The van der Waals surface area contributed by atoms with Crippen molar-refractivity contribution >= 4 is 27.3 Å². The van der Waals surface area contributed by atoms with Crippen molar-refractivity contribution in [3.05, 3.63) is 78.4 Å². The minimum absolute atomic E-state index is 0.162. The fourth-order valence-electron chi connectivity index (χ4n) is 2.84. The van der Waals surface area contributed by atoms with E-state index in [4.69, 9.17) is 9.47 Å². The molecule has 0 aliphatic carbocycles. The van der Waals surface area contributed by atoms with Gasteiger partial charge in [0.15, 0.2) is 0 Å². The highest BCUT2D eigenvalue weighted by molar-refractivity contribution is 7.92. The molecule has 1 amide bonds. The van der Waals surface area contributed by atoms with E-state index in [0.717, 1.165) is 0 Å². The SMILES string of the molecule is CCOc1ccc(OCC)c(NC(=O)c2ccc(NS(=O)(=O)c3ccccc3)cc2)c1. The van der Waals surface area contributed by atoms with Crippen LogP contribution in [0.1, 0.15) is 24.2 Å². The van der Waals surface area contributed by atoms with Gasteiger partial charge in [0.1, 0.15) is 11.5 Å². The number of hydrogen-bond acceptors (Lipinski definition) is 5. The molecule has 0 unspecified atom stereocenters. The first-order chi connectivity index (χ1) is 14.9. The topological polar surface area (TPSA) is 93.7 Å². The zero-order valence-electron chi connectivity index (χ0n) is 17.3. The fourth-order valence-corrected chi connectivity index (χ4v) is 3.92. The van der Waals surface area contributed by atoms with Crippen LogP contribution in [0.2, 0.25) is 0 Å². The second-order valence-electron chi connectivity index (χ2n) is 6.47. The zero-order valence-corrected chi connectivity index (χ0v) is 18.1. The molecule has 0 saturated heterocycles. The third-order valence-corrected chi connectivity index (χ3v) is 5.66. The molecule has 2 N–H and O–H groups in total. The first-order valence-corrected chi connectivity index (χ1v) is 11.3. The highest BCUT2D eigenvalue weighted by Gasteiger charge is 2.15. The second-order valence-corrected chi connectivity index (χ2v) is 8.16. The van der Waals surface area contributed by atoms with Crippen LogP contribution in [0.4, 0.5) is 11.4 Å². The van der Waals surface area contributed by atoms with Crippen molar-refractivity contribution in [3.63, 3.8) is 0 Å². The second kappa shape index (κ2) is 9.99. The molecular formula is C23H24N2O5S. The largest absolute Gasteiger partial charge is 0.494 e. The van der Waals surface area contributed by atoms with E-state index in [-0.39, 0.29) is 10.8 Å². The van der Waals surface area contributed by atoms with E-state index in [2.05, 4.69) is 10.0 Å². The molecule has 0 aliphatic heterocycles. The summed E-state index contributed by atoms with van der Waals surface area (Å²) in [6, 6.07) is 19.5. The number of rotatable bonds is 9. The van der Waals surface area contributed by atoms with Gasteiger partial charge in [0, 0.05) is 17.3 Å². The van der Waals surface area contributed by atoms with Gasteiger partial charge < -0.3 is 14.8 Å². The summed E-state index contributed by atoms with van der Waals surface area (Å²) in [6.07, 6.45) is 0. The molecule has 0 spiro atoms. The van der Waals surface area contributed by atoms with E-state index in [1.165, 1.54) is 24.3 Å². The lowest BCUT2D eigenvalue weighted by atomic mass is 10.2. The van der Waals surface area contributed by atoms with Gasteiger partial charge in [-0.3, -0.25) is 9.52 Å². The van der Waals surface area contributed by atoms with Gasteiger partial charge in [0.05, 0.1) is 23.8 Å². The molecule has 162 valence electrons. The van der Waals surface area contributed by atoms with Crippen LogP contribution in [0, 0.1) is 0 Å². The minimum atomic E-state index is -3.70. The van der Waals surface area contributed by atoms with Crippen molar-refractivity contribution in [1.82, 2.24) is 0 Å². The molecule has 8 heteroatoms. The van der Waals surface area contributed by atoms with Gasteiger partial charge >= 0.3 is 0 Å². The van der Waals surface area contributed by atoms with Gasteiger partial charge in [0.2, 0.25) is 0 Å². The first-order valence-electron chi connectivity index (χ1n) is 9.82. The molecule has 0 fully saturated rings. The lowest BCUT2D eigenvalue weighted by Crippen LogP contribution is -2.14. The Hall–Kier alpha value is -3.52. The third-order valence-electron chi connectivity index (χ3n) is 4.26. The number of ether oxygens (including phenoxy) is 2. The molecular weight excluding hydrogens is 416 g/mol. The van der Waals surface area contributed by atoms with Gasteiger partial charge in [-0.1, -0.05) is 18.2 Å². The average molecular weight is 441 g/mol. The highest BCUT2D eigenvalue weighted by atomic mass is 32.2. The standard InChI is InChI=1S/C23H24N2O5S/c1-3-29-19-14-15-22(30-4-2)21(16-19)24-23(26)17-10-12-18(13-11-17)25-31(27,28)20-8-6-5-7-9-20/h5-16,25H,3-4H2,1-2H3,(H,24,26). The van der Waals surface area contributed by atoms with Gasteiger partial charge in [-0.2, -0.15) is 0 Å². The van der Waals surface area contributed by atoms with Crippen molar-refractivity contribution < 1.29 is 22.7 Å². The first kappa shape index (κ1) is 22.2. The number of nitrogens with one attached hydrogen (secondary N) is 2. The van der Waals surface area contributed by atoms with Crippen molar-refractivity contribution in [3.8, 4) is 11.5 Å². The summed E-state index contributed by atoms with van der Waals surface area (Å²) in [7, 11) is -3.70. The summed E-state index contributed by atoms with van der Waals surface area (Å²) in [6.45, 7) is 4.69. The number of carbonyl (C=O) groups is 1. The van der Waals surface area contributed by atoms with Crippen molar-refractivity contribution in [2.24, 2.45) is 0 Å². The Labute approximate surface area is 182 Å². The molecule has 0 aromatic heterocycles. The van der Waals surface area contributed by atoms with E-state index in [1.54, 1.807) is 48.5 Å². The van der Waals surface area contributed by atoms with Crippen LogP contribution in [-0.4, -0.2) is 27.5 Å². The van der Waals surface area contributed by atoms with Gasteiger partial charge in [-0.15, -0.1) is 0 Å². The van der Waals surface area contributed by atoms with E-state index >= 15 is 0 Å². The van der Waals surface area contributed by atoms with E-state index in [1.807, 2.05) is 13.8 Å². The Bertz CT molecular complexity index is 1130. The van der Waals surface area contributed by atoms with Gasteiger partial charge in [-0.05, 0) is 62.4 Å². The third kappa shape index (κ3) is 5.76. The van der Waals surface area contributed by atoms with Crippen LogP contribution in [-0.2, 0) is 10.0 Å². The smallest absolute Gasteiger partial charge is 0.261 e. The number of amides is 1. The van der Waals surface area contributed by atoms with Crippen LogP contribution >= 0.6 is 0 Å². The van der Waals surface area contributed by atoms with Crippen LogP contribution in [0.5, 0.6) is 11.5 Å². The summed E-state index contributed by atoms with van der Waals surface area (Å²) in [5, 5.41) is 2.82. The summed E-state index contributed by atoms with van der Waals surface area (Å²) in [4.78, 5) is 12.9. The minimum Gasteiger partial charge on any atom is -0.494 e. The molecule has 3 aromatic carbocycles. The summed E-state index contributed by atoms with van der Waals surface area (Å²) < 4.78 is 38.4. The Morgan fingerprint density at radius 2 is 1.55 bits per heavy atom. The lowest BCUT2D eigenvalue weighted by Gasteiger charge is -2.14. The zero-order chi connectivity index (χ0) is 22.3. The maximum atomic E-state index is 12.7. The monoisotopic (exact) mass is 440 g/mol. The Morgan fingerprint density at radius 3 is 2.19 bits per heavy atom. The van der Waals surface area contributed by atoms with Gasteiger partial charge in [-0.25, -0.2) is 8.42 Å². The lowest BCUT2D eigenvalue weighted by molar-refractivity contribution is 0.102. The molecule has 0 aliphatic rings. The maximum absolute atomic E-state index is 12.7. The highest BCUT2D eigenvalue weighted by Crippen LogP contribution is 2.30. The quantitative estimate of drug-likeness (QED) is 0.510. The van der Waals surface area contributed by atoms with Crippen LogP contribution in [0.3, 0.4) is 0 Å². The normalized spacial score (nSPS) is 10.9. The molecule has 0 radical (unpaired) electrons. The molecule has 3 aromatic rings. The van der Waals surface area contributed by atoms with Crippen molar-refractivity contribution in [2.75, 3.05) is 23.3 Å². The van der Waals surface area contributed by atoms with Crippen LogP contribution in [0.25, 0.3) is 0 Å². The van der Waals surface area contributed by atoms with Crippen molar-refractivity contribution in [1.29, 1.82) is 0 Å². The maximum Gasteiger partial charge on any atom is 0.261 e. The predicted molar refractivity (Wildman–Crippen MR) is 120 cm³/mol. The van der Waals surface area contributed by atoms with Crippen LogP contribution < -0.4 is 19.5 Å². The van der Waals surface area contributed by atoms with Crippen LogP contribution in [0.15, 0.2) is 77.7 Å².